The predicted octanol–water partition coefficient (Wildman–Crippen LogP) is 0.762. The molecule has 5 heteroatoms. The summed E-state index contributed by atoms with van der Waals surface area (Å²) < 4.78 is 5.15. The molecule has 0 saturated heterocycles. The molecule has 1 aliphatic rings. The number of hydrogen-bond acceptors (Lipinski definition) is 4. The first-order valence-corrected chi connectivity index (χ1v) is 4.78. The molecule has 0 radical (unpaired) electrons. The quantitative estimate of drug-likeness (QED) is 0.587. The van der Waals surface area contributed by atoms with Crippen LogP contribution in [0.25, 0.3) is 6.08 Å². The van der Waals surface area contributed by atoms with Gasteiger partial charge in [-0.05, 0) is 17.7 Å². The van der Waals surface area contributed by atoms with Gasteiger partial charge in [0, 0.05) is 11.8 Å². The van der Waals surface area contributed by atoms with Gasteiger partial charge < -0.3 is 10.1 Å². The van der Waals surface area contributed by atoms with Gasteiger partial charge in [-0.3, -0.25) is 9.59 Å². The van der Waals surface area contributed by atoms with Crippen LogP contribution in [0.4, 0.5) is 5.82 Å². The van der Waals surface area contributed by atoms with E-state index in [1.165, 1.54) is 6.08 Å². The molecule has 0 atom stereocenters. The van der Waals surface area contributed by atoms with Gasteiger partial charge in [0.25, 0.3) is 5.91 Å². The molecule has 5 nitrogen and oxygen atoms in total. The number of aromatic nitrogens is 1. The smallest absolute Gasteiger partial charge is 0.251 e. The number of fused-ring (bicyclic) bond motifs is 1. The van der Waals surface area contributed by atoms with Gasteiger partial charge in [-0.25, -0.2) is 4.98 Å². The summed E-state index contributed by atoms with van der Waals surface area (Å²) in [4.78, 5) is 25.4. The van der Waals surface area contributed by atoms with Crippen molar-refractivity contribution in [2.75, 3.05) is 11.9 Å². The number of anilines is 1. The van der Waals surface area contributed by atoms with Crippen molar-refractivity contribution in [2.24, 2.45) is 0 Å². The summed E-state index contributed by atoms with van der Waals surface area (Å²) in [5, 5.41) is 2.64. The fourth-order valence-electron chi connectivity index (χ4n) is 1.41. The van der Waals surface area contributed by atoms with Crippen LogP contribution in [0.2, 0.25) is 0 Å². The van der Waals surface area contributed by atoms with E-state index in [9.17, 15) is 9.59 Å². The van der Waals surface area contributed by atoms with Crippen molar-refractivity contribution >= 4 is 24.1 Å². The minimum atomic E-state index is -0.206. The summed E-state index contributed by atoms with van der Waals surface area (Å²) >= 11 is 0. The van der Waals surface area contributed by atoms with Gasteiger partial charge in [-0.2, -0.15) is 0 Å². The van der Waals surface area contributed by atoms with Crippen LogP contribution in [0.5, 0.6) is 0 Å². The number of rotatable bonds is 2. The minimum absolute atomic E-state index is 0.0376. The number of allylic oxidation sites excluding steroid dienone is 1. The molecule has 1 aliphatic heterocycles. The van der Waals surface area contributed by atoms with E-state index < -0.39 is 0 Å². The monoisotopic (exact) mass is 218 g/mol. The van der Waals surface area contributed by atoms with Gasteiger partial charge >= 0.3 is 0 Å². The first-order valence-electron chi connectivity index (χ1n) is 4.78. The summed E-state index contributed by atoms with van der Waals surface area (Å²) in [7, 11) is 0. The summed E-state index contributed by atoms with van der Waals surface area (Å²) in [5.74, 6) is 0.313. The molecule has 82 valence electrons. The molecule has 1 aromatic heterocycles. The molecule has 0 aromatic carbocycles. The van der Waals surface area contributed by atoms with Crippen molar-refractivity contribution in [3.63, 3.8) is 0 Å². The fourth-order valence-corrected chi connectivity index (χ4v) is 1.41. The van der Waals surface area contributed by atoms with Crippen LogP contribution in [-0.2, 0) is 20.9 Å². The van der Waals surface area contributed by atoms with Crippen LogP contribution < -0.4 is 5.32 Å². The van der Waals surface area contributed by atoms with E-state index in [1.807, 2.05) is 6.07 Å². The Morgan fingerprint density at radius 3 is 3.12 bits per heavy atom. The third-order valence-corrected chi connectivity index (χ3v) is 2.10. The number of amides is 1. The van der Waals surface area contributed by atoms with Gasteiger partial charge in [0.15, 0.2) is 0 Å². The number of hydrogen-bond donors (Lipinski definition) is 1. The van der Waals surface area contributed by atoms with Gasteiger partial charge in [0.05, 0.1) is 6.61 Å². The molecule has 0 spiro atoms. The van der Waals surface area contributed by atoms with E-state index in [0.29, 0.717) is 18.7 Å². The Labute approximate surface area is 92.1 Å². The molecule has 1 N–H and O–H groups in total. The topological polar surface area (TPSA) is 68.3 Å². The van der Waals surface area contributed by atoms with E-state index >= 15 is 0 Å². The Balaban J connectivity index is 2.31. The highest BCUT2D eigenvalue weighted by Crippen LogP contribution is 2.18. The van der Waals surface area contributed by atoms with Crippen LogP contribution in [-0.4, -0.2) is 23.8 Å². The second kappa shape index (κ2) is 4.67. The van der Waals surface area contributed by atoms with Gasteiger partial charge in [0.1, 0.15) is 18.7 Å². The molecular formula is C11H10N2O3. The molecule has 0 aliphatic carbocycles. The molecule has 1 aromatic rings. The zero-order valence-corrected chi connectivity index (χ0v) is 8.47. The molecule has 2 heterocycles. The van der Waals surface area contributed by atoms with Crippen LogP contribution in [0.15, 0.2) is 18.3 Å². The van der Waals surface area contributed by atoms with E-state index in [4.69, 9.17) is 4.74 Å². The summed E-state index contributed by atoms with van der Waals surface area (Å²) in [5.41, 5.74) is 1.60. The Morgan fingerprint density at radius 1 is 1.44 bits per heavy atom. The minimum Gasteiger partial charge on any atom is -0.367 e. The molecular weight excluding hydrogens is 208 g/mol. The maximum Gasteiger partial charge on any atom is 0.251 e. The van der Waals surface area contributed by atoms with Crippen LogP contribution >= 0.6 is 0 Å². The number of nitrogens with one attached hydrogen (secondary N) is 1. The Morgan fingerprint density at radius 2 is 2.31 bits per heavy atom. The normalized spacial score (nSPS) is 15.4. The zero-order chi connectivity index (χ0) is 11.4. The third-order valence-electron chi connectivity index (χ3n) is 2.10. The third kappa shape index (κ3) is 2.32. The molecule has 2 rings (SSSR count). The van der Waals surface area contributed by atoms with Gasteiger partial charge in [0.2, 0.25) is 0 Å². The van der Waals surface area contributed by atoms with Crippen molar-refractivity contribution in [1.29, 1.82) is 0 Å². The van der Waals surface area contributed by atoms with E-state index in [-0.39, 0.29) is 12.5 Å². The zero-order valence-electron chi connectivity index (χ0n) is 8.47. The van der Waals surface area contributed by atoms with E-state index in [1.54, 1.807) is 12.3 Å². The van der Waals surface area contributed by atoms with E-state index in [2.05, 4.69) is 10.3 Å². The summed E-state index contributed by atoms with van der Waals surface area (Å²) in [6, 6.07) is 1.83. The molecule has 0 saturated carbocycles. The lowest BCUT2D eigenvalue weighted by Gasteiger charge is -2.04. The summed E-state index contributed by atoms with van der Waals surface area (Å²) in [6.07, 6.45) is 5.32. The van der Waals surface area contributed by atoms with Crippen LogP contribution in [0.1, 0.15) is 11.1 Å². The second-order valence-corrected chi connectivity index (χ2v) is 3.31. The largest absolute Gasteiger partial charge is 0.367 e. The second-order valence-electron chi connectivity index (χ2n) is 3.31. The Bertz CT molecular complexity index is 455. The van der Waals surface area contributed by atoms with Gasteiger partial charge in [-0.1, -0.05) is 6.08 Å². The lowest BCUT2D eigenvalue weighted by molar-refractivity contribution is -0.120. The molecule has 1 amide bonds. The molecule has 0 fully saturated rings. The van der Waals surface area contributed by atoms with Crippen molar-refractivity contribution in [1.82, 2.24) is 4.98 Å². The number of carbonyl (C=O) groups is 2. The average Bonchev–Trinajstić information content (AvgIpc) is 2.46. The number of aldehydes is 1. The van der Waals surface area contributed by atoms with Crippen molar-refractivity contribution < 1.29 is 14.3 Å². The SMILES string of the molecule is O=C/C=C/c1cnc2c(c1)COCC(=O)N2. The average molecular weight is 218 g/mol. The Kier molecular flexibility index (Phi) is 3.07. The maximum absolute atomic E-state index is 11.2. The molecule has 0 unspecified atom stereocenters. The molecule has 0 bridgehead atoms. The standard InChI is InChI=1S/C11H10N2O3/c14-3-1-2-8-4-9-6-16-7-10(15)13-11(9)12-5-8/h1-5H,6-7H2,(H,12,13,15)/b2-1+. The molecule has 16 heavy (non-hydrogen) atoms. The van der Waals surface area contributed by atoms with Crippen LogP contribution in [0.3, 0.4) is 0 Å². The number of carbonyl (C=O) groups excluding carboxylic acids is 2. The maximum atomic E-state index is 11.2. The fraction of sp³-hybridized carbons (Fsp3) is 0.182. The van der Waals surface area contributed by atoms with Crippen LogP contribution in [0, 0.1) is 0 Å². The first kappa shape index (κ1) is 10.5. The van der Waals surface area contributed by atoms with Gasteiger partial charge in [-0.15, -0.1) is 0 Å². The van der Waals surface area contributed by atoms with Crippen molar-refractivity contribution in [2.45, 2.75) is 6.61 Å². The lowest BCUT2D eigenvalue weighted by Crippen LogP contribution is -2.15. The predicted molar refractivity (Wildman–Crippen MR) is 57.6 cm³/mol. The first-order chi connectivity index (χ1) is 7.79. The highest BCUT2D eigenvalue weighted by Gasteiger charge is 2.13. The van der Waals surface area contributed by atoms with E-state index in [0.717, 1.165) is 11.1 Å². The number of nitrogens with zero attached hydrogens (tertiary/aromatic N) is 1. The van der Waals surface area contributed by atoms with Crippen molar-refractivity contribution in [3.8, 4) is 0 Å². The lowest BCUT2D eigenvalue weighted by atomic mass is 10.2. The Hall–Kier alpha value is -2.01. The summed E-state index contributed by atoms with van der Waals surface area (Å²) in [6.45, 7) is 0.375. The number of pyridine rings is 1. The highest BCUT2D eigenvalue weighted by atomic mass is 16.5. The number of ether oxygens (including phenoxy) is 1. The van der Waals surface area contributed by atoms with Crippen molar-refractivity contribution in [3.05, 3.63) is 29.5 Å². The highest BCUT2D eigenvalue weighted by molar-refractivity contribution is 5.92.